The van der Waals surface area contributed by atoms with Gasteiger partial charge >= 0.3 is 0 Å². The number of benzene rings is 1. The van der Waals surface area contributed by atoms with Crippen LogP contribution in [-0.2, 0) is 0 Å². The summed E-state index contributed by atoms with van der Waals surface area (Å²) in [6.45, 7) is 7.53. The van der Waals surface area contributed by atoms with E-state index in [1.807, 2.05) is 11.8 Å². The number of nitrogens with one attached hydrogen (secondary N) is 1. The first kappa shape index (κ1) is 12.6. The molecular formula is C13H21NS. The maximum atomic E-state index is 3.53. The minimum atomic E-state index is 0.490. The van der Waals surface area contributed by atoms with Gasteiger partial charge in [0.15, 0.2) is 0 Å². The summed E-state index contributed by atoms with van der Waals surface area (Å²) < 4.78 is 0. The average Bonchev–Trinajstić information content (AvgIpc) is 2.22. The molecule has 0 radical (unpaired) electrons. The lowest BCUT2D eigenvalue weighted by molar-refractivity contribution is 0.606. The number of aryl methyl sites for hydroxylation is 2. The van der Waals surface area contributed by atoms with Crippen LogP contribution in [0.4, 0.5) is 0 Å². The van der Waals surface area contributed by atoms with E-state index >= 15 is 0 Å². The van der Waals surface area contributed by atoms with Crippen LogP contribution >= 0.6 is 11.8 Å². The predicted molar refractivity (Wildman–Crippen MR) is 70.7 cm³/mol. The van der Waals surface area contributed by atoms with Crippen molar-refractivity contribution in [3.63, 3.8) is 0 Å². The van der Waals surface area contributed by atoms with Crippen molar-refractivity contribution < 1.29 is 0 Å². The van der Waals surface area contributed by atoms with Gasteiger partial charge in [0, 0.05) is 11.8 Å². The van der Waals surface area contributed by atoms with Crippen molar-refractivity contribution in [3.8, 4) is 0 Å². The van der Waals surface area contributed by atoms with Crippen molar-refractivity contribution >= 4 is 11.8 Å². The second kappa shape index (κ2) is 6.19. The summed E-state index contributed by atoms with van der Waals surface area (Å²) in [5, 5.41) is 3.53. The van der Waals surface area contributed by atoms with Gasteiger partial charge in [-0.15, -0.1) is 0 Å². The number of rotatable bonds is 5. The van der Waals surface area contributed by atoms with Crippen LogP contribution in [0.1, 0.15) is 29.7 Å². The zero-order chi connectivity index (χ0) is 11.3. The molecule has 0 aromatic heterocycles. The van der Waals surface area contributed by atoms with Crippen molar-refractivity contribution in [2.24, 2.45) is 0 Å². The minimum absolute atomic E-state index is 0.490. The first-order valence-corrected chi connectivity index (χ1v) is 6.88. The second-order valence-electron chi connectivity index (χ2n) is 3.91. The Morgan fingerprint density at radius 2 is 2.00 bits per heavy atom. The summed E-state index contributed by atoms with van der Waals surface area (Å²) >= 11 is 1.89. The van der Waals surface area contributed by atoms with Gasteiger partial charge in [-0.2, -0.15) is 11.8 Å². The molecule has 0 spiro atoms. The summed E-state index contributed by atoms with van der Waals surface area (Å²) in [6, 6.07) is 7.25. The van der Waals surface area contributed by atoms with Crippen molar-refractivity contribution in [1.82, 2.24) is 5.32 Å². The maximum absolute atomic E-state index is 3.53. The second-order valence-corrected chi connectivity index (χ2v) is 4.82. The van der Waals surface area contributed by atoms with Crippen LogP contribution in [0.15, 0.2) is 18.2 Å². The third-order valence-corrected chi connectivity index (χ3v) is 3.38. The molecule has 1 atom stereocenters. The molecule has 0 fully saturated rings. The Labute approximate surface area is 97.7 Å². The summed E-state index contributed by atoms with van der Waals surface area (Å²) in [7, 11) is 0. The van der Waals surface area contributed by atoms with E-state index < -0.39 is 0 Å². The quantitative estimate of drug-likeness (QED) is 0.822. The van der Waals surface area contributed by atoms with Crippen LogP contribution in [-0.4, -0.2) is 18.6 Å². The van der Waals surface area contributed by atoms with Gasteiger partial charge in [0.05, 0.1) is 0 Å². The molecule has 0 aliphatic carbocycles. The molecule has 1 N–H and O–H groups in total. The molecule has 1 aromatic carbocycles. The Kier molecular flexibility index (Phi) is 5.20. The van der Waals surface area contributed by atoms with Crippen LogP contribution in [0, 0.1) is 13.8 Å². The van der Waals surface area contributed by atoms with Crippen LogP contribution in [0.3, 0.4) is 0 Å². The summed E-state index contributed by atoms with van der Waals surface area (Å²) in [6.07, 6.45) is 2.16. The van der Waals surface area contributed by atoms with Gasteiger partial charge in [0.25, 0.3) is 0 Å². The van der Waals surface area contributed by atoms with Crippen molar-refractivity contribution in [3.05, 3.63) is 34.9 Å². The fourth-order valence-electron chi connectivity index (χ4n) is 1.67. The van der Waals surface area contributed by atoms with Gasteiger partial charge in [0.1, 0.15) is 0 Å². The van der Waals surface area contributed by atoms with Gasteiger partial charge in [-0.3, -0.25) is 0 Å². The Morgan fingerprint density at radius 1 is 1.27 bits per heavy atom. The molecule has 0 saturated heterocycles. The van der Waals surface area contributed by atoms with Gasteiger partial charge < -0.3 is 5.32 Å². The van der Waals surface area contributed by atoms with Crippen molar-refractivity contribution in [2.45, 2.75) is 26.8 Å². The molecular weight excluding hydrogens is 202 g/mol. The van der Waals surface area contributed by atoms with Gasteiger partial charge in [-0.25, -0.2) is 0 Å². The van der Waals surface area contributed by atoms with E-state index in [1.54, 1.807) is 0 Å². The first-order chi connectivity index (χ1) is 7.19. The molecule has 0 aliphatic rings. The highest BCUT2D eigenvalue weighted by atomic mass is 32.2. The SMILES string of the molecule is CCNC(CSC)c1ccc(C)c(C)c1. The first-order valence-electron chi connectivity index (χ1n) is 5.48. The zero-order valence-corrected chi connectivity index (χ0v) is 10.9. The molecule has 0 bridgehead atoms. The fraction of sp³-hybridized carbons (Fsp3) is 0.538. The predicted octanol–water partition coefficient (Wildman–Crippen LogP) is 3.32. The Balaban J connectivity index is 2.85. The lowest BCUT2D eigenvalue weighted by Crippen LogP contribution is -2.22. The Hall–Kier alpha value is -0.470. The molecule has 1 nitrogen and oxygen atoms in total. The molecule has 0 heterocycles. The van der Waals surface area contributed by atoms with Gasteiger partial charge in [0.2, 0.25) is 0 Å². The smallest absolute Gasteiger partial charge is 0.0411 e. The largest absolute Gasteiger partial charge is 0.310 e. The highest BCUT2D eigenvalue weighted by Gasteiger charge is 2.09. The molecule has 1 rings (SSSR count). The molecule has 0 saturated carbocycles. The number of hydrogen-bond donors (Lipinski definition) is 1. The lowest BCUT2D eigenvalue weighted by Gasteiger charge is -2.18. The minimum Gasteiger partial charge on any atom is -0.310 e. The van der Waals surface area contributed by atoms with E-state index in [2.05, 4.69) is 50.5 Å². The van der Waals surface area contributed by atoms with E-state index in [-0.39, 0.29) is 0 Å². The van der Waals surface area contributed by atoms with Gasteiger partial charge in [-0.05, 0) is 43.3 Å². The Bertz CT molecular complexity index is 303. The number of hydrogen-bond acceptors (Lipinski definition) is 2. The lowest BCUT2D eigenvalue weighted by atomic mass is 10.0. The van der Waals surface area contributed by atoms with Gasteiger partial charge in [-0.1, -0.05) is 25.1 Å². The standard InChI is InChI=1S/C13H21NS/c1-5-14-13(9-15-4)12-7-6-10(2)11(3)8-12/h6-8,13-14H,5,9H2,1-4H3. The summed E-state index contributed by atoms with van der Waals surface area (Å²) in [5.74, 6) is 1.14. The van der Waals surface area contributed by atoms with Crippen LogP contribution < -0.4 is 5.32 Å². The summed E-state index contributed by atoms with van der Waals surface area (Å²) in [5.41, 5.74) is 4.17. The van der Waals surface area contributed by atoms with Crippen LogP contribution in [0.2, 0.25) is 0 Å². The van der Waals surface area contributed by atoms with Crippen molar-refractivity contribution in [2.75, 3.05) is 18.6 Å². The molecule has 2 heteroatoms. The summed E-state index contributed by atoms with van der Waals surface area (Å²) in [4.78, 5) is 0. The topological polar surface area (TPSA) is 12.0 Å². The normalized spacial score (nSPS) is 12.8. The van der Waals surface area contributed by atoms with E-state index in [9.17, 15) is 0 Å². The highest BCUT2D eigenvalue weighted by molar-refractivity contribution is 7.98. The third-order valence-electron chi connectivity index (χ3n) is 2.72. The molecule has 0 amide bonds. The van der Waals surface area contributed by atoms with Crippen LogP contribution in [0.25, 0.3) is 0 Å². The average molecular weight is 223 g/mol. The maximum Gasteiger partial charge on any atom is 0.0411 e. The zero-order valence-electron chi connectivity index (χ0n) is 10.1. The molecule has 15 heavy (non-hydrogen) atoms. The molecule has 0 aliphatic heterocycles. The highest BCUT2D eigenvalue weighted by Crippen LogP contribution is 2.19. The molecule has 1 aromatic rings. The fourth-order valence-corrected chi connectivity index (χ4v) is 2.31. The molecule has 84 valence electrons. The monoisotopic (exact) mass is 223 g/mol. The third kappa shape index (κ3) is 3.54. The van der Waals surface area contributed by atoms with E-state index in [1.165, 1.54) is 16.7 Å². The van der Waals surface area contributed by atoms with E-state index in [0.717, 1.165) is 12.3 Å². The van der Waals surface area contributed by atoms with Crippen LogP contribution in [0.5, 0.6) is 0 Å². The van der Waals surface area contributed by atoms with E-state index in [0.29, 0.717) is 6.04 Å². The molecule has 1 unspecified atom stereocenters. The Morgan fingerprint density at radius 3 is 2.53 bits per heavy atom. The van der Waals surface area contributed by atoms with E-state index in [4.69, 9.17) is 0 Å². The van der Waals surface area contributed by atoms with Crippen molar-refractivity contribution in [1.29, 1.82) is 0 Å². The number of thioether (sulfide) groups is 1.